The largest absolute Gasteiger partial charge is 0.469 e. The van der Waals surface area contributed by atoms with Gasteiger partial charge in [-0.15, -0.1) is 0 Å². The van der Waals surface area contributed by atoms with Crippen molar-refractivity contribution in [3.05, 3.63) is 11.1 Å². The predicted octanol–water partition coefficient (Wildman–Crippen LogP) is 6.09. The molecule has 188 valence electrons. The van der Waals surface area contributed by atoms with E-state index in [0.29, 0.717) is 24.4 Å². The Morgan fingerprint density at radius 1 is 1.15 bits per heavy atom. The van der Waals surface area contributed by atoms with Gasteiger partial charge in [0, 0.05) is 18.9 Å². The van der Waals surface area contributed by atoms with Gasteiger partial charge in [0.15, 0.2) is 14.6 Å². The minimum absolute atomic E-state index is 0.112. The van der Waals surface area contributed by atoms with E-state index in [1.165, 1.54) is 31.9 Å². The van der Waals surface area contributed by atoms with E-state index >= 15 is 0 Å². The Bertz CT molecular complexity index is 769. The molecule has 3 aliphatic carbocycles. The first kappa shape index (κ1) is 25.4. The molecule has 8 atom stereocenters. The topological polar surface area (TPSA) is 54.0 Å². The number of ether oxygens (including phenoxy) is 3. The number of allylic oxidation sites excluding steroid dienone is 1. The zero-order valence-electron chi connectivity index (χ0n) is 22.1. The standard InChI is InChI=1S/C27H46O5Si/c1-9-30-21-15-19-20(32-33(7,8)27(3,4)5)14-13-18-17-12-10-11-16(2)22(17)24(26(28)29-6)25(31-21)23(18)19/h16-17,19-22,24-25H,9-15H2,1-8H3/t16-,17+,19+,20-,21-,22-,24+,25-/m1/s1. The SMILES string of the molecule is CCO[C@H]1C[C@@H]2C3=C(CC[C@H]2O[Si](C)(C)C(C)(C)C)[C@@H]2CCC[C@@H](C)[C@H]2[C@H](C(=O)OC)[C@@H]3O1. The van der Waals surface area contributed by atoms with Crippen LogP contribution in [0.15, 0.2) is 11.1 Å². The number of carbonyl (C=O) groups excluding carboxylic acids is 1. The summed E-state index contributed by atoms with van der Waals surface area (Å²) in [5, 5.41) is 0.163. The number of hydrogen-bond donors (Lipinski definition) is 0. The van der Waals surface area contributed by atoms with Crippen LogP contribution >= 0.6 is 0 Å². The van der Waals surface area contributed by atoms with Crippen LogP contribution in [0.3, 0.4) is 0 Å². The van der Waals surface area contributed by atoms with Gasteiger partial charge in [0.1, 0.15) is 0 Å². The zero-order chi connectivity index (χ0) is 24.1. The van der Waals surface area contributed by atoms with Gasteiger partial charge in [-0.3, -0.25) is 4.79 Å². The van der Waals surface area contributed by atoms with Crippen LogP contribution in [0.2, 0.25) is 18.1 Å². The Kier molecular flexibility index (Phi) is 7.24. The van der Waals surface area contributed by atoms with Crippen molar-refractivity contribution < 1.29 is 23.4 Å². The maximum absolute atomic E-state index is 13.3. The molecule has 6 heteroatoms. The second kappa shape index (κ2) is 9.40. The first-order valence-corrected chi connectivity index (χ1v) is 16.2. The first-order chi connectivity index (χ1) is 15.5. The van der Waals surface area contributed by atoms with E-state index in [1.807, 2.05) is 6.92 Å². The van der Waals surface area contributed by atoms with Gasteiger partial charge >= 0.3 is 5.97 Å². The fourth-order valence-corrected chi connectivity index (χ4v) is 8.38. The fourth-order valence-electron chi connectivity index (χ4n) is 6.99. The minimum Gasteiger partial charge on any atom is -0.469 e. The average molecular weight is 479 g/mol. The molecular weight excluding hydrogens is 432 g/mol. The number of hydrogen-bond acceptors (Lipinski definition) is 5. The summed E-state index contributed by atoms with van der Waals surface area (Å²) in [6.07, 6.45) is 6.22. The number of esters is 1. The van der Waals surface area contributed by atoms with Crippen molar-refractivity contribution in [2.75, 3.05) is 13.7 Å². The highest BCUT2D eigenvalue weighted by Crippen LogP contribution is 2.58. The summed E-state index contributed by atoms with van der Waals surface area (Å²) < 4.78 is 25.1. The van der Waals surface area contributed by atoms with Crippen molar-refractivity contribution in [2.24, 2.45) is 29.6 Å². The van der Waals surface area contributed by atoms with Gasteiger partial charge in [-0.1, -0.05) is 46.1 Å². The third-order valence-corrected chi connectivity index (χ3v) is 14.0. The van der Waals surface area contributed by atoms with Gasteiger partial charge in [-0.2, -0.15) is 0 Å². The lowest BCUT2D eigenvalue weighted by Gasteiger charge is -2.56. The van der Waals surface area contributed by atoms with Crippen LogP contribution in [-0.4, -0.2) is 46.5 Å². The summed E-state index contributed by atoms with van der Waals surface area (Å²) in [5.41, 5.74) is 2.97. The maximum Gasteiger partial charge on any atom is 0.311 e. The van der Waals surface area contributed by atoms with Gasteiger partial charge in [-0.05, 0) is 67.6 Å². The van der Waals surface area contributed by atoms with E-state index in [2.05, 4.69) is 40.8 Å². The molecule has 1 saturated carbocycles. The molecule has 0 bridgehead atoms. The molecule has 5 nitrogen and oxygen atoms in total. The molecule has 0 radical (unpaired) electrons. The molecule has 0 N–H and O–H groups in total. The summed E-state index contributed by atoms with van der Waals surface area (Å²) >= 11 is 0. The van der Waals surface area contributed by atoms with Crippen molar-refractivity contribution in [3.63, 3.8) is 0 Å². The second-order valence-corrected chi connectivity index (χ2v) is 17.1. The third kappa shape index (κ3) is 4.50. The molecule has 0 amide bonds. The van der Waals surface area contributed by atoms with E-state index in [9.17, 15) is 4.79 Å². The van der Waals surface area contributed by atoms with Crippen LogP contribution in [0.5, 0.6) is 0 Å². The van der Waals surface area contributed by atoms with E-state index in [1.54, 1.807) is 5.57 Å². The van der Waals surface area contributed by atoms with E-state index in [0.717, 1.165) is 19.3 Å². The maximum atomic E-state index is 13.3. The molecule has 0 spiro atoms. The molecule has 0 aromatic carbocycles. The third-order valence-electron chi connectivity index (χ3n) is 9.53. The van der Waals surface area contributed by atoms with Crippen molar-refractivity contribution in [1.82, 2.24) is 0 Å². The summed E-state index contributed by atoms with van der Waals surface area (Å²) in [6, 6.07) is 0. The van der Waals surface area contributed by atoms with E-state index in [4.69, 9.17) is 18.6 Å². The van der Waals surface area contributed by atoms with E-state index in [-0.39, 0.29) is 41.3 Å². The zero-order valence-corrected chi connectivity index (χ0v) is 23.1. The predicted molar refractivity (Wildman–Crippen MR) is 132 cm³/mol. The number of methoxy groups -OCH3 is 1. The van der Waals surface area contributed by atoms with Crippen LogP contribution in [0.4, 0.5) is 0 Å². The molecule has 0 aromatic heterocycles. The quantitative estimate of drug-likeness (QED) is 0.272. The van der Waals surface area contributed by atoms with E-state index < -0.39 is 8.32 Å². The van der Waals surface area contributed by atoms with Crippen LogP contribution in [-0.2, 0) is 23.4 Å². The lowest BCUT2D eigenvalue weighted by molar-refractivity contribution is -0.219. The smallest absolute Gasteiger partial charge is 0.311 e. The van der Waals surface area contributed by atoms with Gasteiger partial charge in [-0.25, -0.2) is 0 Å². The van der Waals surface area contributed by atoms with Crippen molar-refractivity contribution in [2.45, 2.75) is 110 Å². The molecule has 33 heavy (non-hydrogen) atoms. The Balaban J connectivity index is 1.77. The minimum atomic E-state index is -1.93. The monoisotopic (exact) mass is 478 g/mol. The second-order valence-electron chi connectivity index (χ2n) is 12.4. The molecule has 0 aromatic rings. The molecule has 2 fully saturated rings. The Labute approximate surface area is 202 Å². The average Bonchev–Trinajstić information content (AvgIpc) is 2.74. The van der Waals surface area contributed by atoms with Gasteiger partial charge < -0.3 is 18.6 Å². The number of carbonyl (C=O) groups is 1. The van der Waals surface area contributed by atoms with Gasteiger partial charge in [0.25, 0.3) is 0 Å². The van der Waals surface area contributed by atoms with Crippen molar-refractivity contribution in [1.29, 1.82) is 0 Å². The summed E-state index contributed by atoms with van der Waals surface area (Å²) in [4.78, 5) is 13.3. The first-order valence-electron chi connectivity index (χ1n) is 13.3. The molecular formula is C27H46O5Si. The van der Waals surface area contributed by atoms with Gasteiger partial charge in [0.05, 0.1) is 25.2 Å². The molecule has 1 saturated heterocycles. The molecule has 4 rings (SSSR count). The summed E-state index contributed by atoms with van der Waals surface area (Å²) in [7, 11) is -0.405. The molecule has 1 aliphatic heterocycles. The van der Waals surface area contributed by atoms with Crippen molar-refractivity contribution in [3.8, 4) is 0 Å². The van der Waals surface area contributed by atoms with Crippen LogP contribution < -0.4 is 0 Å². The highest BCUT2D eigenvalue weighted by atomic mass is 28.4. The van der Waals surface area contributed by atoms with Gasteiger partial charge in [0.2, 0.25) is 0 Å². The van der Waals surface area contributed by atoms with Crippen LogP contribution in [0.1, 0.15) is 73.1 Å². The lowest BCUT2D eigenvalue weighted by atomic mass is 9.54. The fraction of sp³-hybridized carbons (Fsp3) is 0.889. The normalized spacial score (nSPS) is 39.0. The highest BCUT2D eigenvalue weighted by Gasteiger charge is 2.57. The lowest BCUT2D eigenvalue weighted by Crippen LogP contribution is -2.58. The highest BCUT2D eigenvalue weighted by molar-refractivity contribution is 6.74. The number of rotatable bonds is 5. The Hall–Kier alpha value is -0.693. The van der Waals surface area contributed by atoms with Crippen LogP contribution in [0.25, 0.3) is 0 Å². The summed E-state index contributed by atoms with van der Waals surface area (Å²) in [6.45, 7) is 16.6. The Morgan fingerprint density at radius 2 is 1.88 bits per heavy atom. The summed E-state index contributed by atoms with van der Waals surface area (Å²) in [5.74, 6) is 1.19. The molecule has 4 aliphatic rings. The number of fused-ring (bicyclic) bond motifs is 2. The van der Waals surface area contributed by atoms with Crippen molar-refractivity contribution >= 4 is 14.3 Å². The van der Waals surface area contributed by atoms with Crippen LogP contribution in [0, 0.1) is 29.6 Å². The molecule has 0 unspecified atom stereocenters. The Morgan fingerprint density at radius 3 is 2.52 bits per heavy atom. The molecule has 1 heterocycles.